The van der Waals surface area contributed by atoms with Crippen molar-refractivity contribution in [1.82, 2.24) is 4.57 Å². The Hall–Kier alpha value is -2.43. The summed E-state index contributed by atoms with van der Waals surface area (Å²) in [5.41, 5.74) is 2.64. The molecule has 0 saturated heterocycles. The Kier molecular flexibility index (Phi) is 4.75. The number of ether oxygens (including phenoxy) is 3. The third-order valence-corrected chi connectivity index (χ3v) is 3.81. The molecule has 1 aromatic carbocycles. The van der Waals surface area contributed by atoms with Gasteiger partial charge in [-0.05, 0) is 32.0 Å². The minimum absolute atomic E-state index is 0.0684. The SMILES string of the molecule is COc1cccc(OC)c1OCC(=O)c1cc(C)n(C)c1C. The molecule has 0 atom stereocenters. The van der Waals surface area contributed by atoms with Crippen molar-refractivity contribution in [3.63, 3.8) is 0 Å². The molecule has 1 heterocycles. The molecule has 0 aliphatic heterocycles. The summed E-state index contributed by atoms with van der Waals surface area (Å²) in [6, 6.07) is 7.21. The molecule has 0 amide bonds. The summed E-state index contributed by atoms with van der Waals surface area (Å²) in [5, 5.41) is 0. The van der Waals surface area contributed by atoms with Gasteiger partial charge in [-0.1, -0.05) is 6.07 Å². The quantitative estimate of drug-likeness (QED) is 0.770. The second-order valence-electron chi connectivity index (χ2n) is 5.05. The van der Waals surface area contributed by atoms with E-state index in [4.69, 9.17) is 14.2 Å². The Balaban J connectivity index is 2.19. The molecule has 0 bridgehead atoms. The van der Waals surface area contributed by atoms with Crippen LogP contribution in [0.3, 0.4) is 0 Å². The van der Waals surface area contributed by atoms with Crippen LogP contribution in [0.1, 0.15) is 21.7 Å². The van der Waals surface area contributed by atoms with Crippen LogP contribution in [0.5, 0.6) is 17.2 Å². The monoisotopic (exact) mass is 303 g/mol. The Morgan fingerprint density at radius 3 is 2.18 bits per heavy atom. The zero-order valence-corrected chi connectivity index (χ0v) is 13.6. The number of para-hydroxylation sites is 1. The number of rotatable bonds is 6. The lowest BCUT2D eigenvalue weighted by molar-refractivity contribution is 0.0916. The summed E-state index contributed by atoms with van der Waals surface area (Å²) in [6.45, 7) is 3.82. The van der Waals surface area contributed by atoms with Gasteiger partial charge in [0.2, 0.25) is 11.5 Å². The number of benzene rings is 1. The van der Waals surface area contributed by atoms with Gasteiger partial charge in [-0.15, -0.1) is 0 Å². The Morgan fingerprint density at radius 1 is 1.14 bits per heavy atom. The van der Waals surface area contributed by atoms with E-state index in [-0.39, 0.29) is 12.4 Å². The van der Waals surface area contributed by atoms with E-state index in [2.05, 4.69) is 0 Å². The van der Waals surface area contributed by atoms with Crippen molar-refractivity contribution >= 4 is 5.78 Å². The average molecular weight is 303 g/mol. The average Bonchev–Trinajstić information content (AvgIpc) is 2.79. The molecule has 0 aliphatic carbocycles. The summed E-state index contributed by atoms with van der Waals surface area (Å²) in [6.07, 6.45) is 0. The first-order valence-corrected chi connectivity index (χ1v) is 6.99. The lowest BCUT2D eigenvalue weighted by Crippen LogP contribution is -2.13. The maximum Gasteiger partial charge on any atom is 0.203 e. The maximum absolute atomic E-state index is 12.4. The van der Waals surface area contributed by atoms with E-state index in [0.717, 1.165) is 11.4 Å². The molecular weight excluding hydrogens is 282 g/mol. The largest absolute Gasteiger partial charge is 0.493 e. The van der Waals surface area contributed by atoms with Crippen LogP contribution in [-0.2, 0) is 7.05 Å². The lowest BCUT2D eigenvalue weighted by atomic mass is 10.1. The molecule has 118 valence electrons. The van der Waals surface area contributed by atoms with Crippen molar-refractivity contribution in [3.8, 4) is 17.2 Å². The van der Waals surface area contributed by atoms with Crippen LogP contribution in [0.25, 0.3) is 0 Å². The van der Waals surface area contributed by atoms with Gasteiger partial charge in [-0.3, -0.25) is 4.79 Å². The van der Waals surface area contributed by atoms with Crippen LogP contribution in [0.4, 0.5) is 0 Å². The first-order valence-electron chi connectivity index (χ1n) is 6.99. The smallest absolute Gasteiger partial charge is 0.203 e. The molecule has 0 N–H and O–H groups in total. The Labute approximate surface area is 130 Å². The molecule has 0 radical (unpaired) electrons. The number of hydrogen-bond acceptors (Lipinski definition) is 4. The fraction of sp³-hybridized carbons (Fsp3) is 0.353. The van der Waals surface area contributed by atoms with Crippen molar-refractivity contribution < 1.29 is 19.0 Å². The van der Waals surface area contributed by atoms with Crippen molar-refractivity contribution in [3.05, 3.63) is 41.2 Å². The van der Waals surface area contributed by atoms with E-state index >= 15 is 0 Å². The number of methoxy groups -OCH3 is 2. The van der Waals surface area contributed by atoms with Gasteiger partial charge < -0.3 is 18.8 Å². The molecule has 0 saturated carbocycles. The summed E-state index contributed by atoms with van der Waals surface area (Å²) < 4.78 is 18.1. The van der Waals surface area contributed by atoms with E-state index < -0.39 is 0 Å². The van der Waals surface area contributed by atoms with Crippen LogP contribution >= 0.6 is 0 Å². The number of Topliss-reactive ketones (excluding diaryl/α,β-unsaturated/α-hetero) is 1. The highest BCUT2D eigenvalue weighted by molar-refractivity contribution is 5.98. The van der Waals surface area contributed by atoms with Crippen LogP contribution in [0.15, 0.2) is 24.3 Å². The number of hydrogen-bond donors (Lipinski definition) is 0. The van der Waals surface area contributed by atoms with E-state index in [1.807, 2.05) is 31.5 Å². The zero-order valence-electron chi connectivity index (χ0n) is 13.6. The van der Waals surface area contributed by atoms with Gasteiger partial charge in [0.25, 0.3) is 0 Å². The third kappa shape index (κ3) is 2.93. The first kappa shape index (κ1) is 15.9. The number of carbonyl (C=O) groups is 1. The van der Waals surface area contributed by atoms with Gasteiger partial charge in [0.1, 0.15) is 0 Å². The number of aryl methyl sites for hydroxylation is 1. The maximum atomic E-state index is 12.4. The molecule has 0 fully saturated rings. The van der Waals surface area contributed by atoms with Gasteiger partial charge in [-0.25, -0.2) is 0 Å². The van der Waals surface area contributed by atoms with Gasteiger partial charge in [0, 0.05) is 24.0 Å². The van der Waals surface area contributed by atoms with Crippen LogP contribution in [0, 0.1) is 13.8 Å². The van der Waals surface area contributed by atoms with Crippen molar-refractivity contribution in [2.45, 2.75) is 13.8 Å². The standard InChI is InChI=1S/C17H21NO4/c1-11-9-13(12(2)18(11)3)14(19)10-22-17-15(20-4)7-6-8-16(17)21-5/h6-9H,10H2,1-5H3. The van der Waals surface area contributed by atoms with Gasteiger partial charge in [0.05, 0.1) is 14.2 Å². The molecule has 22 heavy (non-hydrogen) atoms. The predicted molar refractivity (Wildman–Crippen MR) is 84.3 cm³/mol. The predicted octanol–water partition coefficient (Wildman–Crippen LogP) is 2.92. The van der Waals surface area contributed by atoms with Gasteiger partial charge in [0.15, 0.2) is 18.1 Å². The molecule has 0 spiro atoms. The second-order valence-corrected chi connectivity index (χ2v) is 5.05. The Bertz CT molecular complexity index is 666. The minimum Gasteiger partial charge on any atom is -0.493 e. The number of ketones is 1. The summed E-state index contributed by atoms with van der Waals surface area (Å²) in [5.74, 6) is 1.43. The van der Waals surface area contributed by atoms with E-state index in [9.17, 15) is 4.79 Å². The van der Waals surface area contributed by atoms with E-state index in [1.165, 1.54) is 0 Å². The molecule has 0 aliphatic rings. The Morgan fingerprint density at radius 2 is 1.73 bits per heavy atom. The molecular formula is C17H21NO4. The zero-order chi connectivity index (χ0) is 16.3. The minimum atomic E-state index is -0.0749. The summed E-state index contributed by atoms with van der Waals surface area (Å²) in [4.78, 5) is 12.4. The number of carbonyl (C=O) groups excluding carboxylic acids is 1. The van der Waals surface area contributed by atoms with Gasteiger partial charge >= 0.3 is 0 Å². The normalized spacial score (nSPS) is 10.4. The number of aromatic nitrogens is 1. The number of nitrogens with zero attached hydrogens (tertiary/aromatic N) is 1. The highest BCUT2D eigenvalue weighted by atomic mass is 16.5. The fourth-order valence-corrected chi connectivity index (χ4v) is 2.31. The van der Waals surface area contributed by atoms with Crippen molar-refractivity contribution in [1.29, 1.82) is 0 Å². The third-order valence-electron chi connectivity index (χ3n) is 3.81. The summed E-state index contributed by atoms with van der Waals surface area (Å²) in [7, 11) is 5.04. The van der Waals surface area contributed by atoms with Crippen LogP contribution in [0.2, 0.25) is 0 Å². The van der Waals surface area contributed by atoms with Crippen LogP contribution < -0.4 is 14.2 Å². The second kappa shape index (κ2) is 6.56. The molecule has 1 aromatic heterocycles. The molecule has 2 aromatic rings. The highest BCUT2D eigenvalue weighted by Crippen LogP contribution is 2.36. The van der Waals surface area contributed by atoms with Gasteiger partial charge in [-0.2, -0.15) is 0 Å². The molecule has 0 unspecified atom stereocenters. The lowest BCUT2D eigenvalue weighted by Gasteiger charge is -2.13. The van der Waals surface area contributed by atoms with E-state index in [1.54, 1.807) is 32.4 Å². The molecule has 5 nitrogen and oxygen atoms in total. The van der Waals surface area contributed by atoms with Crippen molar-refractivity contribution in [2.24, 2.45) is 7.05 Å². The molecule has 5 heteroatoms. The van der Waals surface area contributed by atoms with Crippen molar-refractivity contribution in [2.75, 3.05) is 20.8 Å². The fourth-order valence-electron chi connectivity index (χ4n) is 2.31. The molecule has 2 rings (SSSR count). The van der Waals surface area contributed by atoms with E-state index in [0.29, 0.717) is 22.8 Å². The van der Waals surface area contributed by atoms with Crippen LogP contribution in [-0.4, -0.2) is 31.2 Å². The topological polar surface area (TPSA) is 49.7 Å². The first-order chi connectivity index (χ1) is 10.5. The summed E-state index contributed by atoms with van der Waals surface area (Å²) >= 11 is 0. The highest BCUT2D eigenvalue weighted by Gasteiger charge is 2.17.